The van der Waals surface area contributed by atoms with Crippen molar-refractivity contribution >= 4 is 28.3 Å². The molecule has 1 aliphatic heterocycles. The summed E-state index contributed by atoms with van der Waals surface area (Å²) in [6.07, 6.45) is 0.955. The molecule has 152 valence electrons. The lowest BCUT2D eigenvalue weighted by molar-refractivity contribution is 0.452. The molecule has 30 heavy (non-hydrogen) atoms. The molecule has 2 aromatic heterocycles. The molecule has 7 nitrogen and oxygen atoms in total. The molecule has 4 aromatic rings. The van der Waals surface area contributed by atoms with E-state index < -0.39 is 0 Å². The van der Waals surface area contributed by atoms with E-state index in [1.807, 2.05) is 31.2 Å². The van der Waals surface area contributed by atoms with Crippen LogP contribution in [0.3, 0.4) is 0 Å². The number of aromatic amines is 1. The number of hydrogen-bond acceptors (Lipinski definition) is 6. The van der Waals surface area contributed by atoms with Crippen molar-refractivity contribution in [3.8, 4) is 11.4 Å². The Morgan fingerprint density at radius 3 is 2.87 bits per heavy atom. The van der Waals surface area contributed by atoms with Crippen LogP contribution in [-0.2, 0) is 6.42 Å². The van der Waals surface area contributed by atoms with Crippen molar-refractivity contribution < 1.29 is 0 Å². The number of nitrogens with one attached hydrogen (secondary N) is 2. The van der Waals surface area contributed by atoms with E-state index in [1.165, 1.54) is 5.56 Å². The second-order valence-electron chi connectivity index (χ2n) is 7.61. The maximum atomic E-state index is 6.41. The first-order chi connectivity index (χ1) is 14.7. The van der Waals surface area contributed by atoms with E-state index in [4.69, 9.17) is 16.6 Å². The largest absolute Gasteiger partial charge is 0.351 e. The molecule has 0 saturated carbocycles. The molecule has 1 atom stereocenters. The first kappa shape index (κ1) is 19.0. The molecule has 1 aliphatic rings. The third-order valence-corrected chi connectivity index (χ3v) is 5.77. The molecule has 0 spiro atoms. The molecule has 1 saturated heterocycles. The number of piperazine rings is 1. The number of hydrogen-bond donors (Lipinski definition) is 2. The van der Waals surface area contributed by atoms with Crippen molar-refractivity contribution in [2.45, 2.75) is 19.4 Å². The van der Waals surface area contributed by atoms with Gasteiger partial charge in [-0.05, 0) is 37.1 Å². The molecule has 0 amide bonds. The maximum absolute atomic E-state index is 6.41. The summed E-state index contributed by atoms with van der Waals surface area (Å²) in [6, 6.07) is 16.8. The molecule has 5 rings (SSSR count). The standard InChI is InChI=1S/C22H22ClN7/c1-14-18-12-16(7-8-19(18)27-26-14)21-25-22(20(23)28-29-21)30-10-9-24-17(13-30)11-15-5-3-2-4-6-15/h2-8,12,17,24H,9-11,13H2,1H3,(H,26,27)/t17-/m0/s1. The van der Waals surface area contributed by atoms with Crippen molar-refractivity contribution in [1.82, 2.24) is 30.7 Å². The molecule has 0 aliphatic carbocycles. The molecule has 0 unspecified atom stereocenters. The van der Waals surface area contributed by atoms with Crippen LogP contribution in [0.5, 0.6) is 0 Å². The Morgan fingerprint density at radius 2 is 2.00 bits per heavy atom. The summed E-state index contributed by atoms with van der Waals surface area (Å²) in [4.78, 5) is 6.99. The lowest BCUT2D eigenvalue weighted by atomic mass is 10.0. The van der Waals surface area contributed by atoms with E-state index in [9.17, 15) is 0 Å². The number of rotatable bonds is 4. The van der Waals surface area contributed by atoms with Gasteiger partial charge in [0.2, 0.25) is 0 Å². The Hall–Kier alpha value is -3.03. The highest BCUT2D eigenvalue weighted by Gasteiger charge is 2.24. The minimum atomic E-state index is 0.320. The molecular formula is C22H22ClN7. The van der Waals surface area contributed by atoms with Gasteiger partial charge in [0.15, 0.2) is 16.8 Å². The van der Waals surface area contributed by atoms with Crippen LogP contribution in [0.1, 0.15) is 11.3 Å². The minimum Gasteiger partial charge on any atom is -0.351 e. The molecular weight excluding hydrogens is 398 g/mol. The Labute approximate surface area is 179 Å². The van der Waals surface area contributed by atoms with Gasteiger partial charge < -0.3 is 10.2 Å². The fraction of sp³-hybridized carbons (Fsp3) is 0.273. The maximum Gasteiger partial charge on any atom is 0.194 e. The molecule has 1 fully saturated rings. The van der Waals surface area contributed by atoms with E-state index >= 15 is 0 Å². The summed E-state index contributed by atoms with van der Waals surface area (Å²) >= 11 is 6.41. The normalized spacial score (nSPS) is 16.9. The number of benzene rings is 2. The lowest BCUT2D eigenvalue weighted by Crippen LogP contribution is -2.52. The average Bonchev–Trinajstić information content (AvgIpc) is 3.15. The van der Waals surface area contributed by atoms with Crippen molar-refractivity contribution in [1.29, 1.82) is 0 Å². The van der Waals surface area contributed by atoms with E-state index in [0.717, 1.165) is 48.2 Å². The fourth-order valence-corrected chi connectivity index (χ4v) is 4.17. The number of halogens is 1. The number of aryl methyl sites for hydroxylation is 1. The van der Waals surface area contributed by atoms with E-state index in [1.54, 1.807) is 0 Å². The second-order valence-corrected chi connectivity index (χ2v) is 7.96. The quantitative estimate of drug-likeness (QED) is 0.527. The van der Waals surface area contributed by atoms with Crippen LogP contribution < -0.4 is 10.2 Å². The Balaban J connectivity index is 1.41. The first-order valence-electron chi connectivity index (χ1n) is 10.0. The second kappa shape index (κ2) is 8.01. The third kappa shape index (κ3) is 3.74. The fourth-order valence-electron chi connectivity index (χ4n) is 3.97. The van der Waals surface area contributed by atoms with Crippen LogP contribution in [0.4, 0.5) is 5.82 Å². The Kier molecular flexibility index (Phi) is 5.06. The summed E-state index contributed by atoms with van der Waals surface area (Å²) in [5.41, 5.74) is 4.14. The number of nitrogens with zero attached hydrogens (tertiary/aromatic N) is 5. The molecule has 2 N–H and O–H groups in total. The first-order valence-corrected chi connectivity index (χ1v) is 10.4. The summed E-state index contributed by atoms with van der Waals surface area (Å²) in [5, 5.41) is 20.7. The molecule has 0 bridgehead atoms. The van der Waals surface area contributed by atoms with Crippen LogP contribution in [0, 0.1) is 6.92 Å². The zero-order chi connectivity index (χ0) is 20.5. The monoisotopic (exact) mass is 419 g/mol. The van der Waals surface area contributed by atoms with E-state index in [-0.39, 0.29) is 0 Å². The van der Waals surface area contributed by atoms with Gasteiger partial charge in [0.25, 0.3) is 0 Å². The van der Waals surface area contributed by atoms with Gasteiger partial charge >= 0.3 is 0 Å². The van der Waals surface area contributed by atoms with Gasteiger partial charge in [0, 0.05) is 36.6 Å². The number of anilines is 1. The van der Waals surface area contributed by atoms with Gasteiger partial charge in [0.1, 0.15) is 0 Å². The highest BCUT2D eigenvalue weighted by atomic mass is 35.5. The smallest absolute Gasteiger partial charge is 0.194 e. The van der Waals surface area contributed by atoms with Crippen molar-refractivity contribution in [3.05, 3.63) is 64.9 Å². The van der Waals surface area contributed by atoms with Crippen LogP contribution in [0.2, 0.25) is 5.15 Å². The molecule has 3 heterocycles. The van der Waals surface area contributed by atoms with Gasteiger partial charge in [-0.3, -0.25) is 5.10 Å². The summed E-state index contributed by atoms with van der Waals surface area (Å²) in [7, 11) is 0. The lowest BCUT2D eigenvalue weighted by Gasteiger charge is -2.34. The molecule has 2 aromatic carbocycles. The van der Waals surface area contributed by atoms with Gasteiger partial charge in [-0.25, -0.2) is 4.98 Å². The summed E-state index contributed by atoms with van der Waals surface area (Å²) in [6.45, 7) is 4.48. The van der Waals surface area contributed by atoms with Crippen LogP contribution in [0.15, 0.2) is 48.5 Å². The zero-order valence-corrected chi connectivity index (χ0v) is 17.4. The van der Waals surface area contributed by atoms with E-state index in [0.29, 0.717) is 22.8 Å². The van der Waals surface area contributed by atoms with Gasteiger partial charge in [-0.15, -0.1) is 10.2 Å². The topological polar surface area (TPSA) is 82.6 Å². The molecule has 8 heteroatoms. The van der Waals surface area contributed by atoms with Crippen LogP contribution in [0.25, 0.3) is 22.3 Å². The predicted octanol–water partition coefficient (Wildman–Crippen LogP) is 3.40. The highest BCUT2D eigenvalue weighted by Crippen LogP contribution is 2.27. The predicted molar refractivity (Wildman–Crippen MR) is 119 cm³/mol. The average molecular weight is 420 g/mol. The van der Waals surface area contributed by atoms with Gasteiger partial charge in [-0.2, -0.15) is 5.10 Å². The van der Waals surface area contributed by atoms with Crippen LogP contribution in [-0.4, -0.2) is 51.1 Å². The number of H-pyrrole nitrogens is 1. The van der Waals surface area contributed by atoms with Gasteiger partial charge in [-0.1, -0.05) is 41.9 Å². The van der Waals surface area contributed by atoms with Crippen molar-refractivity contribution in [2.24, 2.45) is 0 Å². The van der Waals surface area contributed by atoms with Crippen molar-refractivity contribution in [3.63, 3.8) is 0 Å². The number of fused-ring (bicyclic) bond motifs is 1. The van der Waals surface area contributed by atoms with Gasteiger partial charge in [0.05, 0.1) is 11.2 Å². The molecule has 0 radical (unpaired) electrons. The van der Waals surface area contributed by atoms with Crippen molar-refractivity contribution in [2.75, 3.05) is 24.5 Å². The minimum absolute atomic E-state index is 0.320. The summed E-state index contributed by atoms with van der Waals surface area (Å²) in [5.74, 6) is 1.25. The Morgan fingerprint density at radius 1 is 1.13 bits per heavy atom. The SMILES string of the molecule is Cc1n[nH]c2ccc(-c3nnc(Cl)c(N4CCN[C@@H](Cc5ccccc5)C4)n3)cc12. The van der Waals surface area contributed by atoms with E-state index in [2.05, 4.69) is 54.9 Å². The van der Waals surface area contributed by atoms with Crippen LogP contribution >= 0.6 is 11.6 Å². The third-order valence-electron chi connectivity index (χ3n) is 5.52. The zero-order valence-electron chi connectivity index (χ0n) is 16.6. The highest BCUT2D eigenvalue weighted by molar-refractivity contribution is 6.31. The summed E-state index contributed by atoms with van der Waals surface area (Å²) < 4.78 is 0. The number of aromatic nitrogens is 5. The Bertz CT molecular complexity index is 1170.